The summed E-state index contributed by atoms with van der Waals surface area (Å²) in [5, 5.41) is 3.95. The first-order valence-electron chi connectivity index (χ1n) is 11.9. The number of aromatic nitrogens is 1. The highest BCUT2D eigenvalue weighted by atomic mass is 19.1. The van der Waals surface area contributed by atoms with Crippen molar-refractivity contribution in [3.8, 4) is 0 Å². The summed E-state index contributed by atoms with van der Waals surface area (Å²) in [4.78, 5) is 43.5. The lowest BCUT2D eigenvalue weighted by Gasteiger charge is -2.21. The number of amides is 1. The van der Waals surface area contributed by atoms with E-state index in [4.69, 9.17) is 9.15 Å². The lowest BCUT2D eigenvalue weighted by atomic mass is 10.1. The Balaban J connectivity index is 1.60. The lowest BCUT2D eigenvalue weighted by molar-refractivity contribution is -0.145. The number of carbonyl (C=O) groups excluding carboxylic acids is 2. The van der Waals surface area contributed by atoms with Gasteiger partial charge in [0.2, 0.25) is 0 Å². The van der Waals surface area contributed by atoms with Gasteiger partial charge in [0.15, 0.2) is 0 Å². The molecule has 1 amide bonds. The molecule has 0 saturated heterocycles. The first-order valence-corrected chi connectivity index (χ1v) is 11.9. The van der Waals surface area contributed by atoms with Crippen LogP contribution < -0.4 is 15.8 Å². The minimum absolute atomic E-state index is 0.0625. The van der Waals surface area contributed by atoms with Crippen molar-refractivity contribution in [3.05, 3.63) is 76.0 Å². The van der Waals surface area contributed by atoms with Gasteiger partial charge in [0.05, 0.1) is 6.61 Å². The molecule has 0 aliphatic rings. The molecule has 2 aromatic carbocycles. The summed E-state index contributed by atoms with van der Waals surface area (Å²) in [6.45, 7) is 7.44. The predicted molar refractivity (Wildman–Crippen MR) is 136 cm³/mol. The van der Waals surface area contributed by atoms with Crippen LogP contribution in [-0.4, -0.2) is 42.6 Å². The Morgan fingerprint density at radius 2 is 1.81 bits per heavy atom. The van der Waals surface area contributed by atoms with E-state index in [-0.39, 0.29) is 18.6 Å². The van der Waals surface area contributed by atoms with E-state index in [2.05, 4.69) is 15.2 Å². The number of hydrogen-bond acceptors (Lipinski definition) is 6. The van der Waals surface area contributed by atoms with E-state index in [0.717, 1.165) is 24.2 Å². The normalized spacial score (nSPS) is 12.0. The zero-order valence-electron chi connectivity index (χ0n) is 20.4. The Labute approximate surface area is 207 Å². The zero-order valence-corrected chi connectivity index (χ0v) is 20.4. The molecule has 0 saturated carbocycles. The number of aromatic amines is 1. The predicted octanol–water partition coefficient (Wildman–Crippen LogP) is 4.16. The molecular formula is C27H28FN3O5. The van der Waals surface area contributed by atoms with Crippen molar-refractivity contribution >= 4 is 39.4 Å². The van der Waals surface area contributed by atoms with Crippen LogP contribution in [-0.2, 0) is 16.0 Å². The third-order valence-corrected chi connectivity index (χ3v) is 6.03. The summed E-state index contributed by atoms with van der Waals surface area (Å²) < 4.78 is 24.1. The number of carbonyl (C=O) groups is 2. The first-order chi connectivity index (χ1) is 17.3. The van der Waals surface area contributed by atoms with Crippen molar-refractivity contribution in [1.82, 2.24) is 10.3 Å². The maximum Gasteiger partial charge on any atom is 0.349 e. The fourth-order valence-corrected chi connectivity index (χ4v) is 4.21. The van der Waals surface area contributed by atoms with E-state index in [9.17, 15) is 18.8 Å². The van der Waals surface area contributed by atoms with Crippen LogP contribution in [0.4, 0.5) is 10.1 Å². The van der Waals surface area contributed by atoms with Crippen molar-refractivity contribution in [1.29, 1.82) is 0 Å². The van der Waals surface area contributed by atoms with Crippen molar-refractivity contribution in [2.75, 3.05) is 24.6 Å². The number of esters is 1. The zero-order chi connectivity index (χ0) is 25.8. The number of anilines is 1. The molecule has 1 atom stereocenters. The highest BCUT2D eigenvalue weighted by Gasteiger charge is 2.26. The van der Waals surface area contributed by atoms with Gasteiger partial charge in [0.1, 0.15) is 23.0 Å². The Hall–Kier alpha value is -4.14. The largest absolute Gasteiger partial charge is 0.464 e. The Bertz CT molecular complexity index is 1470. The van der Waals surface area contributed by atoms with Gasteiger partial charge in [-0.1, -0.05) is 0 Å². The third kappa shape index (κ3) is 5.25. The number of ether oxygens (including phenoxy) is 1. The first kappa shape index (κ1) is 25.0. The van der Waals surface area contributed by atoms with Gasteiger partial charge < -0.3 is 24.4 Å². The maximum absolute atomic E-state index is 13.6. The number of H-pyrrole nitrogens is 1. The molecule has 36 heavy (non-hydrogen) atoms. The highest BCUT2D eigenvalue weighted by Crippen LogP contribution is 2.22. The van der Waals surface area contributed by atoms with Crippen LogP contribution in [0.2, 0.25) is 0 Å². The average Bonchev–Trinajstić information content (AvgIpc) is 3.25. The molecular weight excluding hydrogens is 465 g/mol. The number of fused-ring (bicyclic) bond motifs is 2. The van der Waals surface area contributed by atoms with Gasteiger partial charge in [0, 0.05) is 47.9 Å². The summed E-state index contributed by atoms with van der Waals surface area (Å²) >= 11 is 0. The van der Waals surface area contributed by atoms with Gasteiger partial charge in [-0.15, -0.1) is 0 Å². The van der Waals surface area contributed by atoms with Crippen LogP contribution in [0, 0.1) is 5.82 Å². The molecule has 2 N–H and O–H groups in total. The molecule has 0 spiro atoms. The van der Waals surface area contributed by atoms with Crippen LogP contribution >= 0.6 is 0 Å². The quantitative estimate of drug-likeness (QED) is 0.268. The van der Waals surface area contributed by atoms with E-state index < -0.39 is 29.4 Å². The lowest BCUT2D eigenvalue weighted by Crippen LogP contribution is -2.44. The average molecular weight is 494 g/mol. The van der Waals surface area contributed by atoms with Gasteiger partial charge >= 0.3 is 11.6 Å². The Morgan fingerprint density at radius 1 is 1.06 bits per heavy atom. The molecule has 0 bridgehead atoms. The van der Waals surface area contributed by atoms with Gasteiger partial charge in [-0.05, 0) is 68.6 Å². The second-order valence-corrected chi connectivity index (χ2v) is 8.35. The second-order valence-electron chi connectivity index (χ2n) is 8.35. The summed E-state index contributed by atoms with van der Waals surface area (Å²) in [6, 6.07) is 11.9. The van der Waals surface area contributed by atoms with E-state index in [1.54, 1.807) is 31.2 Å². The molecule has 2 heterocycles. The summed E-state index contributed by atoms with van der Waals surface area (Å²) in [7, 11) is 0. The molecule has 0 fully saturated rings. The number of hydrogen-bond donors (Lipinski definition) is 2. The van der Waals surface area contributed by atoms with Crippen molar-refractivity contribution in [2.45, 2.75) is 33.2 Å². The third-order valence-electron chi connectivity index (χ3n) is 6.03. The fraction of sp³-hybridized carbons (Fsp3) is 0.296. The molecule has 8 nitrogen and oxygen atoms in total. The number of halogens is 1. The summed E-state index contributed by atoms with van der Waals surface area (Å²) in [5.41, 5.74) is 1.43. The smallest absolute Gasteiger partial charge is 0.349 e. The van der Waals surface area contributed by atoms with Gasteiger partial charge in [-0.2, -0.15) is 0 Å². The fourth-order valence-electron chi connectivity index (χ4n) is 4.21. The van der Waals surface area contributed by atoms with E-state index in [1.165, 1.54) is 18.2 Å². The van der Waals surface area contributed by atoms with Crippen molar-refractivity contribution in [2.24, 2.45) is 0 Å². The van der Waals surface area contributed by atoms with Crippen LogP contribution in [0.15, 0.2) is 57.7 Å². The minimum Gasteiger partial charge on any atom is -0.464 e. The van der Waals surface area contributed by atoms with Crippen molar-refractivity contribution < 1.29 is 23.1 Å². The molecule has 0 aliphatic carbocycles. The van der Waals surface area contributed by atoms with Crippen LogP contribution in [0.25, 0.3) is 21.9 Å². The molecule has 0 radical (unpaired) electrons. The van der Waals surface area contributed by atoms with E-state index in [0.29, 0.717) is 22.2 Å². The standard InChI is InChI=1S/C27H28FN3O5/c1-4-31(5-2)20-10-8-17-12-21(26(33)36-24(17)15-20)25(32)30-23(27(34)35-6-3)14-19-11-16-7-9-18(28)13-22(16)29-19/h7-13,15,23,29H,4-6,14H2,1-3H3,(H,30,32)/t23-/m1/s1. The molecule has 0 unspecified atom stereocenters. The summed E-state index contributed by atoms with van der Waals surface area (Å²) in [6.07, 6.45) is 0.0625. The second kappa shape index (κ2) is 10.6. The number of rotatable bonds is 9. The minimum atomic E-state index is -1.07. The van der Waals surface area contributed by atoms with Gasteiger partial charge in [-0.25, -0.2) is 14.0 Å². The number of nitrogens with one attached hydrogen (secondary N) is 2. The Kier molecular flexibility index (Phi) is 7.38. The van der Waals surface area contributed by atoms with Crippen LogP contribution in [0.1, 0.15) is 36.8 Å². The summed E-state index contributed by atoms with van der Waals surface area (Å²) in [5.74, 6) is -1.79. The maximum atomic E-state index is 13.6. The number of benzene rings is 2. The molecule has 188 valence electrons. The highest BCUT2D eigenvalue weighted by molar-refractivity contribution is 5.99. The monoisotopic (exact) mass is 493 g/mol. The SMILES string of the molecule is CCOC(=O)[C@@H](Cc1cc2ccc(F)cc2[nH]1)NC(=O)c1cc2ccc(N(CC)CC)cc2oc1=O. The molecule has 0 aliphatic heterocycles. The molecule has 4 rings (SSSR count). The van der Waals surface area contributed by atoms with E-state index in [1.807, 2.05) is 19.9 Å². The molecule has 4 aromatic rings. The molecule has 2 aromatic heterocycles. The topological polar surface area (TPSA) is 105 Å². The van der Waals surface area contributed by atoms with Crippen LogP contribution in [0.5, 0.6) is 0 Å². The molecule has 9 heteroatoms. The van der Waals surface area contributed by atoms with Crippen molar-refractivity contribution in [3.63, 3.8) is 0 Å². The van der Waals surface area contributed by atoms with Crippen LogP contribution in [0.3, 0.4) is 0 Å². The van der Waals surface area contributed by atoms with E-state index >= 15 is 0 Å². The Morgan fingerprint density at radius 3 is 2.53 bits per heavy atom. The van der Waals surface area contributed by atoms with Gasteiger partial charge in [0.25, 0.3) is 5.91 Å². The number of nitrogens with zero attached hydrogens (tertiary/aromatic N) is 1. The van der Waals surface area contributed by atoms with Gasteiger partial charge in [-0.3, -0.25) is 4.79 Å².